The Bertz CT molecular complexity index is 1690. The normalized spacial score (nSPS) is 46.9. The molecule has 12 heteroatoms. The van der Waals surface area contributed by atoms with Crippen LogP contribution in [0.1, 0.15) is 110 Å². The number of rotatable bonds is 13. The molecule has 1 saturated heterocycles. The standard InChI is InChI=1S/C47H73NO11/c1-42(26-50)15-17-47(41(55)56)18-16-45(4)31(32(47)21-42)20-30(8-7-19-49)38-43(2)22-34(57-24-29-11-9-28(10-12-29)23-48-6)39(59-40-37(54)36(53)33(52)25-58-40)44(3,27-51)35(43)13-14-46(38,45)5/h9-12,20,30,32-40,48-54H,7-8,13-19,21-27H2,1-6H3,(H,55,56)/t30-,32+,33-,34-,35-,36+,37-,38+,39-,40-,42-,43+,44+,45+,46-,47-/m1/s1. The summed E-state index contributed by atoms with van der Waals surface area (Å²) in [6, 6.07) is 8.25. The second-order valence-corrected chi connectivity index (χ2v) is 21.0. The zero-order chi connectivity index (χ0) is 42.8. The minimum atomic E-state index is -1.51. The van der Waals surface area contributed by atoms with Crippen molar-refractivity contribution < 1.29 is 54.8 Å². The van der Waals surface area contributed by atoms with Crippen LogP contribution in [0.25, 0.3) is 0 Å². The summed E-state index contributed by atoms with van der Waals surface area (Å²) in [6.07, 6.45) is 2.32. The maximum atomic E-state index is 13.4. The van der Waals surface area contributed by atoms with Crippen molar-refractivity contribution in [1.29, 1.82) is 0 Å². The quantitative estimate of drug-likeness (QED) is 0.102. The number of benzene rings is 1. The lowest BCUT2D eigenvalue weighted by Gasteiger charge is -2.73. The number of aliphatic carboxylic acids is 1. The summed E-state index contributed by atoms with van der Waals surface area (Å²) in [5.41, 5.74) is 0.195. The van der Waals surface area contributed by atoms with Gasteiger partial charge in [-0.25, -0.2) is 0 Å². The molecule has 5 aliphatic carbocycles. The molecule has 1 heterocycles. The number of aliphatic hydroxyl groups is 6. The van der Waals surface area contributed by atoms with E-state index >= 15 is 0 Å². The SMILES string of the molecule is CNCc1ccc(CO[C@@H]2C[C@@]3(C)[C@@H](CC[C@]4(C)[C@H]3[C@H](CCCO)C=C3[C@@H]5C[C@](C)(CO)CC[C@@]5(C(=O)O)CC[C@@]34C)[C@](C)(CO)[C@@H]2O[C@H]2OC[C@@H](O)[C@H](O)[C@H]2O)cc1. The smallest absolute Gasteiger partial charge is 0.310 e. The van der Waals surface area contributed by atoms with Crippen molar-refractivity contribution in [1.82, 2.24) is 5.32 Å². The first-order chi connectivity index (χ1) is 27.9. The molecule has 12 nitrogen and oxygen atoms in total. The van der Waals surface area contributed by atoms with Gasteiger partial charge in [-0.05, 0) is 128 Å². The summed E-state index contributed by atoms with van der Waals surface area (Å²) in [6.45, 7) is 12.0. The average Bonchev–Trinajstić information content (AvgIpc) is 3.21. The van der Waals surface area contributed by atoms with Gasteiger partial charge in [-0.15, -0.1) is 0 Å². The van der Waals surface area contributed by atoms with Gasteiger partial charge < -0.3 is 55.3 Å². The van der Waals surface area contributed by atoms with Gasteiger partial charge in [0.05, 0.1) is 37.4 Å². The van der Waals surface area contributed by atoms with Crippen molar-refractivity contribution >= 4 is 5.97 Å². The largest absolute Gasteiger partial charge is 0.481 e. The van der Waals surface area contributed by atoms with Gasteiger partial charge in [-0.1, -0.05) is 70.5 Å². The molecule has 0 spiro atoms. The Kier molecular flexibility index (Phi) is 12.7. The van der Waals surface area contributed by atoms with Crippen LogP contribution >= 0.6 is 0 Å². The third kappa shape index (κ3) is 7.27. The fraction of sp³-hybridized carbons (Fsp3) is 0.809. The van der Waals surface area contributed by atoms with E-state index in [0.29, 0.717) is 38.5 Å². The Labute approximate surface area is 350 Å². The first-order valence-corrected chi connectivity index (χ1v) is 22.3. The van der Waals surface area contributed by atoms with E-state index in [-0.39, 0.29) is 73.0 Å². The molecule has 5 fully saturated rings. The van der Waals surface area contributed by atoms with Crippen LogP contribution in [-0.4, -0.2) is 112 Å². The molecule has 1 aromatic carbocycles. The van der Waals surface area contributed by atoms with Crippen molar-refractivity contribution in [2.75, 3.05) is 33.5 Å². The lowest BCUT2D eigenvalue weighted by Crippen LogP contribution is -2.70. The topological polar surface area (TPSA) is 198 Å². The number of allylic oxidation sites excluding steroid dienone is 2. The number of carbonyl (C=O) groups is 1. The number of ether oxygens (including phenoxy) is 3. The summed E-state index contributed by atoms with van der Waals surface area (Å²) in [4.78, 5) is 13.4. The molecule has 16 atom stereocenters. The average molecular weight is 828 g/mol. The van der Waals surface area contributed by atoms with E-state index in [1.807, 2.05) is 7.05 Å². The monoisotopic (exact) mass is 828 g/mol. The molecule has 0 aromatic heterocycles. The highest BCUT2D eigenvalue weighted by Crippen LogP contribution is 2.77. The molecule has 1 aliphatic heterocycles. The molecule has 0 bridgehead atoms. The fourth-order valence-corrected chi connectivity index (χ4v) is 14.3. The lowest BCUT2D eigenvalue weighted by atomic mass is 9.32. The van der Waals surface area contributed by atoms with E-state index in [9.17, 15) is 40.5 Å². The highest BCUT2D eigenvalue weighted by atomic mass is 16.7. The minimum absolute atomic E-state index is 0.0100. The molecular formula is C47H73NO11. The zero-order valence-corrected chi connectivity index (χ0v) is 36.2. The number of fused-ring (bicyclic) bond motifs is 7. The summed E-state index contributed by atoms with van der Waals surface area (Å²) < 4.78 is 19.6. The van der Waals surface area contributed by atoms with Crippen molar-refractivity contribution in [3.63, 3.8) is 0 Å². The van der Waals surface area contributed by atoms with E-state index in [4.69, 9.17) is 14.2 Å². The Morgan fingerprint density at radius 2 is 1.59 bits per heavy atom. The fourth-order valence-electron chi connectivity index (χ4n) is 14.3. The van der Waals surface area contributed by atoms with Gasteiger partial charge in [-0.3, -0.25) is 4.79 Å². The first-order valence-electron chi connectivity index (χ1n) is 22.3. The number of aliphatic hydroxyl groups excluding tert-OH is 6. The molecule has 6 aliphatic rings. The van der Waals surface area contributed by atoms with Crippen LogP contribution in [0.3, 0.4) is 0 Å². The molecule has 332 valence electrons. The minimum Gasteiger partial charge on any atom is -0.481 e. The Morgan fingerprint density at radius 1 is 0.898 bits per heavy atom. The van der Waals surface area contributed by atoms with E-state index in [0.717, 1.165) is 43.4 Å². The molecule has 4 saturated carbocycles. The molecule has 8 N–H and O–H groups in total. The van der Waals surface area contributed by atoms with Crippen LogP contribution in [-0.2, 0) is 32.2 Å². The second-order valence-electron chi connectivity index (χ2n) is 21.0. The summed E-state index contributed by atoms with van der Waals surface area (Å²) >= 11 is 0. The number of nitrogens with one attached hydrogen (secondary N) is 1. The number of hydrogen-bond acceptors (Lipinski definition) is 11. The second kappa shape index (κ2) is 16.6. The van der Waals surface area contributed by atoms with E-state index in [1.54, 1.807) is 0 Å². The summed E-state index contributed by atoms with van der Waals surface area (Å²) in [5, 5.41) is 78.8. The van der Waals surface area contributed by atoms with E-state index in [2.05, 4.69) is 70.3 Å². The number of hydrogen-bond donors (Lipinski definition) is 8. The molecule has 7 rings (SSSR count). The van der Waals surface area contributed by atoms with Crippen LogP contribution in [0.5, 0.6) is 0 Å². The molecule has 59 heavy (non-hydrogen) atoms. The van der Waals surface area contributed by atoms with Gasteiger partial charge in [0.25, 0.3) is 0 Å². The van der Waals surface area contributed by atoms with Gasteiger partial charge >= 0.3 is 5.97 Å². The van der Waals surface area contributed by atoms with Crippen molar-refractivity contribution in [2.24, 2.45) is 56.2 Å². The predicted octanol–water partition coefficient (Wildman–Crippen LogP) is 4.56. The van der Waals surface area contributed by atoms with Crippen LogP contribution in [0.4, 0.5) is 0 Å². The van der Waals surface area contributed by atoms with Gasteiger partial charge in [-0.2, -0.15) is 0 Å². The predicted molar refractivity (Wildman–Crippen MR) is 220 cm³/mol. The van der Waals surface area contributed by atoms with Gasteiger partial charge in [0.1, 0.15) is 18.3 Å². The van der Waals surface area contributed by atoms with Crippen LogP contribution in [0, 0.1) is 56.2 Å². The highest BCUT2D eigenvalue weighted by molar-refractivity contribution is 5.76. The Balaban J connectivity index is 1.32. The molecule has 0 radical (unpaired) electrons. The van der Waals surface area contributed by atoms with Crippen molar-refractivity contribution in [3.8, 4) is 0 Å². The van der Waals surface area contributed by atoms with Crippen molar-refractivity contribution in [3.05, 3.63) is 47.0 Å². The maximum absolute atomic E-state index is 13.4. The summed E-state index contributed by atoms with van der Waals surface area (Å²) in [5.74, 6) is -0.919. The van der Waals surface area contributed by atoms with Crippen LogP contribution in [0.15, 0.2) is 35.9 Å². The van der Waals surface area contributed by atoms with Crippen LogP contribution < -0.4 is 5.32 Å². The van der Waals surface area contributed by atoms with E-state index in [1.165, 1.54) is 5.57 Å². The van der Waals surface area contributed by atoms with Crippen LogP contribution in [0.2, 0.25) is 0 Å². The van der Waals surface area contributed by atoms with Gasteiger partial charge in [0.15, 0.2) is 6.29 Å². The molecule has 0 unspecified atom stereocenters. The molecular weight excluding hydrogens is 755 g/mol. The Hall–Kier alpha value is -1.97. The summed E-state index contributed by atoms with van der Waals surface area (Å²) in [7, 11) is 1.91. The maximum Gasteiger partial charge on any atom is 0.310 e. The van der Waals surface area contributed by atoms with Crippen molar-refractivity contribution in [2.45, 2.75) is 149 Å². The van der Waals surface area contributed by atoms with Gasteiger partial charge in [0.2, 0.25) is 0 Å². The molecule has 1 aromatic rings. The Morgan fingerprint density at radius 3 is 2.24 bits per heavy atom. The third-order valence-corrected chi connectivity index (χ3v) is 17.7. The zero-order valence-electron chi connectivity index (χ0n) is 36.2. The number of carboxylic acid groups (broad SMARTS) is 1. The molecule has 0 amide bonds. The van der Waals surface area contributed by atoms with Gasteiger partial charge in [0, 0.05) is 25.2 Å². The lowest BCUT2D eigenvalue weighted by molar-refractivity contribution is -0.334. The number of carboxylic acids is 1. The first kappa shape index (κ1) is 45.1. The highest BCUT2D eigenvalue weighted by Gasteiger charge is 2.72. The third-order valence-electron chi connectivity index (χ3n) is 17.7. The van der Waals surface area contributed by atoms with E-state index < -0.39 is 59.0 Å².